The van der Waals surface area contributed by atoms with E-state index in [-0.39, 0.29) is 24.3 Å². The summed E-state index contributed by atoms with van der Waals surface area (Å²) in [5, 5.41) is 2.93. The van der Waals surface area contributed by atoms with Crippen LogP contribution in [0.15, 0.2) is 54.6 Å². The number of nitrogens with zero attached hydrogens (tertiary/aromatic N) is 2. The van der Waals surface area contributed by atoms with Gasteiger partial charge in [0.25, 0.3) is 0 Å². The molecule has 3 rings (SSSR count). The minimum absolute atomic E-state index is 0.0623. The second-order valence-corrected chi connectivity index (χ2v) is 7.80. The summed E-state index contributed by atoms with van der Waals surface area (Å²) in [6.45, 7) is 8.85. The third kappa shape index (κ3) is 6.49. The van der Waals surface area contributed by atoms with E-state index in [0.29, 0.717) is 17.8 Å². The molecule has 1 N–H and O–H groups in total. The van der Waals surface area contributed by atoms with Crippen molar-refractivity contribution in [1.82, 2.24) is 9.80 Å². The topological polar surface area (TPSA) is 61.9 Å². The Labute approximate surface area is 178 Å². The number of Topliss-reactive ketones (excluding diaryl/α,β-unsaturated/α-hetero) is 1. The van der Waals surface area contributed by atoms with E-state index < -0.39 is 0 Å². The Hall–Kier alpha value is -2.54. The highest BCUT2D eigenvalue weighted by atomic mass is 16.5. The second-order valence-electron chi connectivity index (χ2n) is 7.80. The van der Waals surface area contributed by atoms with E-state index in [1.807, 2.05) is 24.3 Å². The fourth-order valence-corrected chi connectivity index (χ4v) is 3.73. The highest BCUT2D eigenvalue weighted by Crippen LogP contribution is 2.16. The van der Waals surface area contributed by atoms with Crippen LogP contribution < -0.4 is 5.32 Å². The Morgan fingerprint density at radius 1 is 1.07 bits per heavy atom. The number of ether oxygens (including phenoxy) is 1. The molecule has 1 amide bonds. The van der Waals surface area contributed by atoms with Gasteiger partial charge < -0.3 is 10.1 Å². The summed E-state index contributed by atoms with van der Waals surface area (Å²) in [4.78, 5) is 29.3. The van der Waals surface area contributed by atoms with E-state index in [1.165, 1.54) is 12.5 Å². The molecule has 1 fully saturated rings. The van der Waals surface area contributed by atoms with Gasteiger partial charge in [0.2, 0.25) is 5.91 Å². The lowest BCUT2D eigenvalue weighted by Gasteiger charge is -2.34. The molecule has 2 aromatic rings. The van der Waals surface area contributed by atoms with Crippen molar-refractivity contribution in [2.45, 2.75) is 26.4 Å². The first-order valence-corrected chi connectivity index (χ1v) is 10.5. The van der Waals surface area contributed by atoms with E-state index in [2.05, 4.69) is 34.2 Å². The van der Waals surface area contributed by atoms with Crippen molar-refractivity contribution < 1.29 is 14.3 Å². The monoisotopic (exact) mass is 409 g/mol. The predicted octanol–water partition coefficient (Wildman–Crippen LogP) is 3.05. The van der Waals surface area contributed by atoms with Crippen molar-refractivity contribution in [1.29, 1.82) is 0 Å². The Bertz CT molecular complexity index is 835. The van der Waals surface area contributed by atoms with Crippen LogP contribution in [0, 0.1) is 0 Å². The molecule has 1 saturated heterocycles. The SMILES string of the molecule is CC(=O)c1ccccc1NC(=O)CN(Cc1ccccc1)C(C)CN1CCOCC1. The Morgan fingerprint density at radius 2 is 1.73 bits per heavy atom. The number of hydrogen-bond acceptors (Lipinski definition) is 5. The molecule has 1 heterocycles. The molecule has 6 heteroatoms. The van der Waals surface area contributed by atoms with E-state index in [1.54, 1.807) is 18.2 Å². The van der Waals surface area contributed by atoms with Crippen molar-refractivity contribution >= 4 is 17.4 Å². The lowest BCUT2D eigenvalue weighted by atomic mass is 10.1. The largest absolute Gasteiger partial charge is 0.379 e. The molecule has 1 aliphatic rings. The molecule has 160 valence electrons. The first-order valence-electron chi connectivity index (χ1n) is 10.5. The van der Waals surface area contributed by atoms with Gasteiger partial charge in [-0.1, -0.05) is 42.5 Å². The summed E-state index contributed by atoms with van der Waals surface area (Å²) in [6, 6.07) is 17.5. The maximum atomic E-state index is 12.9. The van der Waals surface area contributed by atoms with Gasteiger partial charge in [-0.05, 0) is 31.5 Å². The number of ketones is 1. The summed E-state index contributed by atoms with van der Waals surface area (Å²) in [6.07, 6.45) is 0. The number of para-hydroxylation sites is 1. The average Bonchev–Trinajstić information content (AvgIpc) is 2.75. The third-order valence-corrected chi connectivity index (χ3v) is 5.41. The Morgan fingerprint density at radius 3 is 2.43 bits per heavy atom. The minimum Gasteiger partial charge on any atom is -0.379 e. The van der Waals surface area contributed by atoms with Crippen molar-refractivity contribution in [3.8, 4) is 0 Å². The molecular formula is C24H31N3O3. The van der Waals surface area contributed by atoms with E-state index >= 15 is 0 Å². The predicted molar refractivity (Wildman–Crippen MR) is 119 cm³/mol. The number of anilines is 1. The molecule has 0 radical (unpaired) electrons. The third-order valence-electron chi connectivity index (χ3n) is 5.41. The quantitative estimate of drug-likeness (QED) is 0.645. The van der Waals surface area contributed by atoms with Gasteiger partial charge in [-0.3, -0.25) is 19.4 Å². The Balaban J connectivity index is 1.69. The molecular weight excluding hydrogens is 378 g/mol. The number of carbonyl (C=O) groups excluding carboxylic acids is 2. The van der Waals surface area contributed by atoms with Crippen LogP contribution in [0.4, 0.5) is 5.69 Å². The van der Waals surface area contributed by atoms with Crippen molar-refractivity contribution in [2.24, 2.45) is 0 Å². The summed E-state index contributed by atoms with van der Waals surface area (Å²) >= 11 is 0. The molecule has 1 atom stereocenters. The number of benzene rings is 2. The van der Waals surface area contributed by atoms with Gasteiger partial charge in [0.15, 0.2) is 5.78 Å². The van der Waals surface area contributed by atoms with Gasteiger partial charge in [0.1, 0.15) is 0 Å². The first-order chi connectivity index (χ1) is 14.5. The van der Waals surface area contributed by atoms with Crippen LogP contribution in [0.1, 0.15) is 29.8 Å². The van der Waals surface area contributed by atoms with E-state index in [0.717, 1.165) is 32.8 Å². The smallest absolute Gasteiger partial charge is 0.238 e. The van der Waals surface area contributed by atoms with Crippen LogP contribution in [0.2, 0.25) is 0 Å². The summed E-state index contributed by atoms with van der Waals surface area (Å²) in [5.74, 6) is -0.179. The van der Waals surface area contributed by atoms with E-state index in [4.69, 9.17) is 4.74 Å². The zero-order chi connectivity index (χ0) is 21.3. The normalized spacial score (nSPS) is 15.7. The zero-order valence-corrected chi connectivity index (χ0v) is 17.8. The van der Waals surface area contributed by atoms with Crippen LogP contribution in [-0.2, 0) is 16.1 Å². The Kier molecular flexibility index (Phi) is 8.13. The maximum absolute atomic E-state index is 12.9. The number of morpholine rings is 1. The van der Waals surface area contributed by atoms with Crippen LogP contribution in [0.3, 0.4) is 0 Å². The van der Waals surface area contributed by atoms with Crippen LogP contribution in [-0.4, -0.2) is 66.9 Å². The van der Waals surface area contributed by atoms with Gasteiger partial charge in [0.05, 0.1) is 25.4 Å². The fraction of sp³-hybridized carbons (Fsp3) is 0.417. The molecule has 0 saturated carbocycles. The minimum atomic E-state index is -0.117. The number of hydrogen-bond donors (Lipinski definition) is 1. The standard InChI is InChI=1S/C24H31N3O3/c1-19(16-26-12-14-30-15-13-26)27(17-21-8-4-3-5-9-21)18-24(29)25-23-11-7-6-10-22(23)20(2)28/h3-11,19H,12-18H2,1-2H3,(H,25,29). The highest BCUT2D eigenvalue weighted by molar-refractivity contribution is 6.04. The lowest BCUT2D eigenvalue weighted by molar-refractivity contribution is -0.118. The summed E-state index contributed by atoms with van der Waals surface area (Å²) in [5.41, 5.74) is 2.26. The molecule has 6 nitrogen and oxygen atoms in total. The first kappa shape index (κ1) is 22.2. The van der Waals surface area contributed by atoms with Crippen molar-refractivity contribution in [3.05, 3.63) is 65.7 Å². The molecule has 1 aliphatic heterocycles. The molecule has 0 aromatic heterocycles. The molecule has 0 aliphatic carbocycles. The zero-order valence-electron chi connectivity index (χ0n) is 17.8. The summed E-state index contributed by atoms with van der Waals surface area (Å²) < 4.78 is 5.45. The fourth-order valence-electron chi connectivity index (χ4n) is 3.73. The number of amides is 1. The van der Waals surface area contributed by atoms with Crippen LogP contribution in [0.25, 0.3) is 0 Å². The van der Waals surface area contributed by atoms with E-state index in [9.17, 15) is 9.59 Å². The van der Waals surface area contributed by atoms with Gasteiger partial charge >= 0.3 is 0 Å². The van der Waals surface area contributed by atoms with Gasteiger partial charge in [-0.15, -0.1) is 0 Å². The molecule has 30 heavy (non-hydrogen) atoms. The van der Waals surface area contributed by atoms with Crippen LogP contribution >= 0.6 is 0 Å². The number of rotatable bonds is 9. The number of carbonyl (C=O) groups is 2. The molecule has 0 bridgehead atoms. The van der Waals surface area contributed by atoms with Gasteiger partial charge in [-0.25, -0.2) is 0 Å². The van der Waals surface area contributed by atoms with Crippen molar-refractivity contribution in [3.63, 3.8) is 0 Å². The van der Waals surface area contributed by atoms with Crippen LogP contribution in [0.5, 0.6) is 0 Å². The second kappa shape index (κ2) is 11.0. The van der Waals surface area contributed by atoms with Crippen molar-refractivity contribution in [2.75, 3.05) is 44.7 Å². The highest BCUT2D eigenvalue weighted by Gasteiger charge is 2.22. The summed E-state index contributed by atoms with van der Waals surface area (Å²) in [7, 11) is 0. The number of nitrogens with one attached hydrogen (secondary N) is 1. The van der Waals surface area contributed by atoms with Gasteiger partial charge in [0, 0.05) is 37.8 Å². The van der Waals surface area contributed by atoms with Gasteiger partial charge in [-0.2, -0.15) is 0 Å². The average molecular weight is 410 g/mol. The lowest BCUT2D eigenvalue weighted by Crippen LogP contribution is -2.47. The molecule has 2 aromatic carbocycles. The molecule has 0 spiro atoms. The molecule has 1 unspecified atom stereocenters. The maximum Gasteiger partial charge on any atom is 0.238 e.